The number of amides is 2. The third kappa shape index (κ3) is 3.44. The maximum atomic E-state index is 12.1. The highest BCUT2D eigenvalue weighted by atomic mass is 16.5. The van der Waals surface area contributed by atoms with Crippen LogP contribution in [0.25, 0.3) is 0 Å². The van der Waals surface area contributed by atoms with Gasteiger partial charge in [0, 0.05) is 26.2 Å². The van der Waals surface area contributed by atoms with Crippen LogP contribution in [0, 0.1) is 0 Å². The van der Waals surface area contributed by atoms with Crippen molar-refractivity contribution in [1.29, 1.82) is 0 Å². The molecule has 2 rings (SSSR count). The summed E-state index contributed by atoms with van der Waals surface area (Å²) in [4.78, 5) is 28.9. The number of methoxy groups -OCH3 is 1. The number of likely N-dealkylation sites (tertiary alicyclic amines) is 1. The molecule has 0 aromatic carbocycles. The van der Waals surface area contributed by atoms with E-state index in [2.05, 4.69) is 20.5 Å². The lowest BCUT2D eigenvalue weighted by Crippen LogP contribution is -2.47. The van der Waals surface area contributed by atoms with E-state index in [9.17, 15) is 9.59 Å². The molecule has 9 heteroatoms. The molecule has 0 atom stereocenters. The maximum absolute atomic E-state index is 12.1. The molecule has 110 valence electrons. The van der Waals surface area contributed by atoms with Crippen LogP contribution in [0.4, 0.5) is 5.95 Å². The Labute approximate surface area is 115 Å². The second kappa shape index (κ2) is 6.33. The van der Waals surface area contributed by atoms with Gasteiger partial charge < -0.3 is 20.7 Å². The normalized spacial score (nSPS) is 16.1. The molecule has 1 saturated heterocycles. The molecule has 1 aliphatic rings. The Morgan fingerprint density at radius 3 is 2.75 bits per heavy atom. The number of nitrogens with two attached hydrogens (primary N) is 1. The lowest BCUT2D eigenvalue weighted by molar-refractivity contribution is -0.125. The SMILES string of the molecule is COCC(=O)NC1CCN(C(=O)c2nc(N)n[nH]2)CC1. The van der Waals surface area contributed by atoms with Crippen LogP contribution in [-0.2, 0) is 9.53 Å². The van der Waals surface area contributed by atoms with E-state index in [0.717, 1.165) is 0 Å². The molecule has 1 fully saturated rings. The molecule has 0 unspecified atom stereocenters. The third-order valence-corrected chi connectivity index (χ3v) is 3.13. The van der Waals surface area contributed by atoms with Gasteiger partial charge in [0.25, 0.3) is 5.91 Å². The highest BCUT2D eigenvalue weighted by molar-refractivity contribution is 5.90. The maximum Gasteiger partial charge on any atom is 0.291 e. The first-order chi connectivity index (χ1) is 9.60. The van der Waals surface area contributed by atoms with Crippen molar-refractivity contribution in [1.82, 2.24) is 25.4 Å². The first-order valence-corrected chi connectivity index (χ1v) is 6.35. The van der Waals surface area contributed by atoms with Gasteiger partial charge in [-0.1, -0.05) is 0 Å². The number of nitrogen functional groups attached to an aromatic ring is 1. The van der Waals surface area contributed by atoms with Crippen LogP contribution in [0.5, 0.6) is 0 Å². The lowest BCUT2D eigenvalue weighted by Gasteiger charge is -2.31. The van der Waals surface area contributed by atoms with Crippen molar-refractivity contribution in [3.63, 3.8) is 0 Å². The number of carbonyl (C=O) groups is 2. The largest absolute Gasteiger partial charge is 0.375 e. The Morgan fingerprint density at radius 2 is 2.20 bits per heavy atom. The van der Waals surface area contributed by atoms with E-state index in [-0.39, 0.29) is 36.2 Å². The van der Waals surface area contributed by atoms with Crippen LogP contribution in [0.3, 0.4) is 0 Å². The van der Waals surface area contributed by atoms with Gasteiger partial charge >= 0.3 is 0 Å². The number of anilines is 1. The predicted molar refractivity (Wildman–Crippen MR) is 69.7 cm³/mol. The number of nitrogens with zero attached hydrogens (tertiary/aromatic N) is 3. The zero-order chi connectivity index (χ0) is 14.5. The summed E-state index contributed by atoms with van der Waals surface area (Å²) >= 11 is 0. The fraction of sp³-hybridized carbons (Fsp3) is 0.636. The van der Waals surface area contributed by atoms with Gasteiger partial charge in [-0.25, -0.2) is 0 Å². The second-order valence-corrected chi connectivity index (χ2v) is 4.61. The molecule has 0 aliphatic carbocycles. The molecule has 9 nitrogen and oxygen atoms in total. The van der Waals surface area contributed by atoms with E-state index in [1.807, 2.05) is 0 Å². The Balaban J connectivity index is 1.82. The summed E-state index contributed by atoms with van der Waals surface area (Å²) < 4.78 is 4.76. The number of hydrogen-bond donors (Lipinski definition) is 3. The number of nitrogens with one attached hydrogen (secondary N) is 2. The number of hydrogen-bond acceptors (Lipinski definition) is 6. The lowest BCUT2D eigenvalue weighted by atomic mass is 10.0. The summed E-state index contributed by atoms with van der Waals surface area (Å²) in [6.07, 6.45) is 1.40. The Morgan fingerprint density at radius 1 is 1.50 bits per heavy atom. The molecule has 2 heterocycles. The molecule has 0 saturated carbocycles. The quantitative estimate of drug-likeness (QED) is 0.633. The highest BCUT2D eigenvalue weighted by Gasteiger charge is 2.26. The number of rotatable bonds is 4. The first-order valence-electron chi connectivity index (χ1n) is 6.35. The van der Waals surface area contributed by atoms with E-state index in [0.29, 0.717) is 25.9 Å². The summed E-state index contributed by atoms with van der Waals surface area (Å²) in [7, 11) is 1.48. The van der Waals surface area contributed by atoms with E-state index in [1.165, 1.54) is 7.11 Å². The molecule has 1 aromatic rings. The van der Waals surface area contributed by atoms with Crippen LogP contribution in [-0.4, -0.2) is 64.7 Å². The minimum atomic E-state index is -0.226. The third-order valence-electron chi connectivity index (χ3n) is 3.13. The number of carbonyl (C=O) groups excluding carboxylic acids is 2. The van der Waals surface area contributed by atoms with Crippen LogP contribution >= 0.6 is 0 Å². The molecule has 2 amide bonds. The number of aromatic amines is 1. The molecular formula is C11H18N6O3. The van der Waals surface area contributed by atoms with Gasteiger partial charge in [-0.2, -0.15) is 4.98 Å². The number of H-pyrrole nitrogens is 1. The summed E-state index contributed by atoms with van der Waals surface area (Å²) in [5, 5.41) is 9.00. The van der Waals surface area contributed by atoms with Crippen molar-refractivity contribution in [2.75, 3.05) is 32.5 Å². The predicted octanol–water partition coefficient (Wildman–Crippen LogP) is -1.25. The topological polar surface area (TPSA) is 126 Å². The average molecular weight is 282 g/mol. The minimum absolute atomic E-state index is 0.0510. The molecule has 1 aromatic heterocycles. The molecule has 0 bridgehead atoms. The van der Waals surface area contributed by atoms with E-state index in [1.54, 1.807) is 4.90 Å². The smallest absolute Gasteiger partial charge is 0.291 e. The van der Waals surface area contributed by atoms with Crippen molar-refractivity contribution < 1.29 is 14.3 Å². The monoisotopic (exact) mass is 282 g/mol. The second-order valence-electron chi connectivity index (χ2n) is 4.61. The van der Waals surface area contributed by atoms with Gasteiger partial charge in [-0.05, 0) is 12.8 Å². The van der Waals surface area contributed by atoms with E-state index in [4.69, 9.17) is 10.5 Å². The zero-order valence-electron chi connectivity index (χ0n) is 11.3. The van der Waals surface area contributed by atoms with Crippen LogP contribution < -0.4 is 11.1 Å². The van der Waals surface area contributed by atoms with Crippen LogP contribution in [0.2, 0.25) is 0 Å². The Hall–Kier alpha value is -2.16. The minimum Gasteiger partial charge on any atom is -0.375 e. The van der Waals surface area contributed by atoms with E-state index >= 15 is 0 Å². The first kappa shape index (κ1) is 14.3. The van der Waals surface area contributed by atoms with Crippen molar-refractivity contribution >= 4 is 17.8 Å². The van der Waals surface area contributed by atoms with Gasteiger partial charge in [0.1, 0.15) is 6.61 Å². The summed E-state index contributed by atoms with van der Waals surface area (Å²) in [5.41, 5.74) is 5.37. The molecule has 0 radical (unpaired) electrons. The Kier molecular flexibility index (Phi) is 4.51. The number of piperidine rings is 1. The molecular weight excluding hydrogens is 264 g/mol. The van der Waals surface area contributed by atoms with Crippen molar-refractivity contribution in [3.05, 3.63) is 5.82 Å². The van der Waals surface area contributed by atoms with Gasteiger partial charge in [0.15, 0.2) is 0 Å². The molecule has 20 heavy (non-hydrogen) atoms. The van der Waals surface area contributed by atoms with Crippen molar-refractivity contribution in [3.8, 4) is 0 Å². The molecule has 0 spiro atoms. The van der Waals surface area contributed by atoms with Crippen LogP contribution in [0.1, 0.15) is 23.5 Å². The fourth-order valence-corrected chi connectivity index (χ4v) is 2.15. The summed E-state index contributed by atoms with van der Waals surface area (Å²) in [5.74, 6) is -0.171. The Bertz CT molecular complexity index is 480. The van der Waals surface area contributed by atoms with Gasteiger partial charge in [0.05, 0.1) is 0 Å². The van der Waals surface area contributed by atoms with Gasteiger partial charge in [-0.3, -0.25) is 14.7 Å². The number of aromatic nitrogens is 3. The van der Waals surface area contributed by atoms with Crippen LogP contribution in [0.15, 0.2) is 0 Å². The zero-order valence-corrected chi connectivity index (χ0v) is 11.3. The van der Waals surface area contributed by atoms with Gasteiger partial charge in [-0.15, -0.1) is 5.10 Å². The van der Waals surface area contributed by atoms with Gasteiger partial charge in [0.2, 0.25) is 17.7 Å². The van der Waals surface area contributed by atoms with Crippen molar-refractivity contribution in [2.24, 2.45) is 0 Å². The molecule has 4 N–H and O–H groups in total. The fourth-order valence-electron chi connectivity index (χ4n) is 2.15. The highest BCUT2D eigenvalue weighted by Crippen LogP contribution is 2.12. The standard InChI is InChI=1S/C11H18N6O3/c1-20-6-8(18)13-7-2-4-17(5-3-7)10(19)9-14-11(12)16-15-9/h7H,2-6H2,1H3,(H,13,18)(H3,12,14,15,16). The summed E-state index contributed by atoms with van der Waals surface area (Å²) in [6, 6.07) is 0.0708. The van der Waals surface area contributed by atoms with E-state index < -0.39 is 0 Å². The number of ether oxygens (including phenoxy) is 1. The van der Waals surface area contributed by atoms with Crippen molar-refractivity contribution in [2.45, 2.75) is 18.9 Å². The average Bonchev–Trinajstić information content (AvgIpc) is 2.86. The molecule has 1 aliphatic heterocycles. The summed E-state index contributed by atoms with van der Waals surface area (Å²) in [6.45, 7) is 1.16.